The molecule has 0 aromatic carbocycles. The van der Waals surface area contributed by atoms with Crippen LogP contribution in [0.2, 0.25) is 0 Å². The third-order valence-electron chi connectivity index (χ3n) is 2.87. The van der Waals surface area contributed by atoms with Gasteiger partial charge in [-0.2, -0.15) is 5.10 Å². The summed E-state index contributed by atoms with van der Waals surface area (Å²) in [6.45, 7) is 1.87. The van der Waals surface area contributed by atoms with Crippen LogP contribution in [0.3, 0.4) is 0 Å². The maximum absolute atomic E-state index is 6.42. The van der Waals surface area contributed by atoms with E-state index in [1.807, 2.05) is 6.92 Å². The summed E-state index contributed by atoms with van der Waals surface area (Å²) in [7, 11) is 1.53. The Balaban J connectivity index is 2.56. The number of aryl methyl sites for hydroxylation is 1. The molecule has 1 aromatic rings. The van der Waals surface area contributed by atoms with Crippen molar-refractivity contribution in [2.75, 3.05) is 12.8 Å². The first kappa shape index (κ1) is 12.5. The molecule has 1 heterocycles. The first-order valence-corrected chi connectivity index (χ1v) is 5.84. The fourth-order valence-electron chi connectivity index (χ4n) is 1.99. The molecular formula is C11H13Cl2N3O. The van der Waals surface area contributed by atoms with E-state index >= 15 is 0 Å². The number of H-pyrrole nitrogens is 1. The Labute approximate surface area is 109 Å². The number of aromatic amines is 1. The Morgan fingerprint density at radius 2 is 2.29 bits per heavy atom. The summed E-state index contributed by atoms with van der Waals surface area (Å²) >= 11 is 12.7. The van der Waals surface area contributed by atoms with Gasteiger partial charge in [-0.05, 0) is 19.1 Å². The summed E-state index contributed by atoms with van der Waals surface area (Å²) < 4.78 is 5.35. The smallest absolute Gasteiger partial charge is 0.172 e. The van der Waals surface area contributed by atoms with E-state index in [9.17, 15) is 0 Å². The predicted molar refractivity (Wildman–Crippen MR) is 69.1 cm³/mol. The van der Waals surface area contributed by atoms with Crippen molar-refractivity contribution < 1.29 is 4.74 Å². The Morgan fingerprint density at radius 3 is 2.82 bits per heavy atom. The van der Waals surface area contributed by atoms with Crippen LogP contribution in [-0.4, -0.2) is 22.4 Å². The van der Waals surface area contributed by atoms with Gasteiger partial charge in [0.05, 0.1) is 5.92 Å². The van der Waals surface area contributed by atoms with Gasteiger partial charge in [0, 0.05) is 23.4 Å². The van der Waals surface area contributed by atoms with Gasteiger partial charge in [-0.15, -0.1) is 0 Å². The number of nitrogens with one attached hydrogen (secondary N) is 1. The van der Waals surface area contributed by atoms with Crippen molar-refractivity contribution in [1.82, 2.24) is 10.2 Å². The van der Waals surface area contributed by atoms with Gasteiger partial charge in [-0.3, -0.25) is 5.10 Å². The molecule has 0 aliphatic heterocycles. The third-order valence-corrected chi connectivity index (χ3v) is 3.72. The van der Waals surface area contributed by atoms with Gasteiger partial charge in [-0.1, -0.05) is 29.3 Å². The number of hydrogen-bond acceptors (Lipinski definition) is 3. The number of allylic oxidation sites excluding steroid dienone is 2. The topological polar surface area (TPSA) is 63.9 Å². The van der Waals surface area contributed by atoms with Crippen molar-refractivity contribution in [2.24, 2.45) is 0 Å². The lowest BCUT2D eigenvalue weighted by Gasteiger charge is -2.33. The van der Waals surface area contributed by atoms with E-state index in [1.165, 1.54) is 7.11 Å². The lowest BCUT2D eigenvalue weighted by Crippen LogP contribution is -2.32. The quantitative estimate of drug-likeness (QED) is 0.815. The maximum Gasteiger partial charge on any atom is 0.172 e. The summed E-state index contributed by atoms with van der Waals surface area (Å²) in [6.07, 6.45) is 5.29. The van der Waals surface area contributed by atoms with Crippen LogP contribution >= 0.6 is 23.2 Å². The van der Waals surface area contributed by atoms with Gasteiger partial charge < -0.3 is 10.5 Å². The van der Waals surface area contributed by atoms with Crippen LogP contribution < -0.4 is 5.73 Å². The van der Waals surface area contributed by atoms with Crippen LogP contribution in [0.4, 0.5) is 5.82 Å². The first-order valence-electron chi connectivity index (χ1n) is 5.09. The number of aromatic nitrogens is 2. The zero-order chi connectivity index (χ0) is 12.6. The second-order valence-corrected chi connectivity index (χ2v) is 4.92. The highest BCUT2D eigenvalue weighted by Crippen LogP contribution is 2.47. The zero-order valence-corrected chi connectivity index (χ0v) is 11.0. The second kappa shape index (κ2) is 4.37. The number of nitrogens with zero attached hydrogens (tertiary/aromatic N) is 1. The summed E-state index contributed by atoms with van der Waals surface area (Å²) in [5, 5.41) is 6.31. The molecule has 1 aliphatic carbocycles. The molecule has 6 heteroatoms. The number of alkyl halides is 1. The Bertz CT molecular complexity index is 475. The molecule has 0 saturated carbocycles. The molecule has 1 aliphatic rings. The van der Waals surface area contributed by atoms with Gasteiger partial charge in [0.2, 0.25) is 0 Å². The van der Waals surface area contributed by atoms with E-state index in [4.69, 9.17) is 33.7 Å². The fraction of sp³-hybridized carbons (Fsp3) is 0.364. The SMILES string of the molecule is COC1(Cl)C=CC=C(Cl)C1c1c(N)n[nH]c1C. The van der Waals surface area contributed by atoms with E-state index in [2.05, 4.69) is 10.2 Å². The van der Waals surface area contributed by atoms with Crippen molar-refractivity contribution in [3.8, 4) is 0 Å². The molecule has 0 spiro atoms. The van der Waals surface area contributed by atoms with Crippen LogP contribution in [0.25, 0.3) is 0 Å². The Morgan fingerprint density at radius 1 is 1.59 bits per heavy atom. The van der Waals surface area contributed by atoms with Crippen LogP contribution in [-0.2, 0) is 4.74 Å². The molecule has 0 amide bonds. The molecule has 3 N–H and O–H groups in total. The molecule has 2 unspecified atom stereocenters. The van der Waals surface area contributed by atoms with Gasteiger partial charge in [0.1, 0.15) is 5.82 Å². The summed E-state index contributed by atoms with van der Waals surface area (Å²) in [5.41, 5.74) is 7.44. The number of ether oxygens (including phenoxy) is 1. The molecule has 0 fully saturated rings. The van der Waals surface area contributed by atoms with Gasteiger partial charge in [0.15, 0.2) is 5.06 Å². The van der Waals surface area contributed by atoms with E-state index in [0.29, 0.717) is 10.9 Å². The molecule has 0 saturated heterocycles. The number of anilines is 1. The summed E-state index contributed by atoms with van der Waals surface area (Å²) in [6, 6.07) is 0. The average Bonchev–Trinajstić information content (AvgIpc) is 2.60. The Kier molecular flexibility index (Phi) is 3.21. The van der Waals surface area contributed by atoms with E-state index < -0.39 is 5.06 Å². The number of hydrogen-bond donors (Lipinski definition) is 2. The maximum atomic E-state index is 6.42. The molecule has 2 atom stereocenters. The highest BCUT2D eigenvalue weighted by Gasteiger charge is 2.42. The minimum atomic E-state index is -1.03. The van der Waals surface area contributed by atoms with Gasteiger partial charge in [-0.25, -0.2) is 0 Å². The standard InChI is InChI=1S/C11H13Cl2N3O/c1-6-8(10(14)16-15-6)9-7(12)4-3-5-11(9,13)17-2/h3-5,9H,1-2H3,(H3,14,15,16). The normalized spacial score (nSPS) is 28.2. The third kappa shape index (κ3) is 1.97. The fourth-order valence-corrected chi connectivity index (χ4v) is 2.69. The lowest BCUT2D eigenvalue weighted by atomic mass is 9.88. The molecule has 2 rings (SSSR count). The van der Waals surface area contributed by atoms with Crippen LogP contribution in [0.15, 0.2) is 23.3 Å². The summed E-state index contributed by atoms with van der Waals surface area (Å²) in [5.74, 6) is 0.0241. The van der Waals surface area contributed by atoms with E-state index in [1.54, 1.807) is 18.2 Å². The molecular weight excluding hydrogens is 261 g/mol. The minimum absolute atomic E-state index is 0.361. The highest BCUT2D eigenvalue weighted by molar-refractivity contribution is 6.33. The second-order valence-electron chi connectivity index (χ2n) is 3.89. The first-order chi connectivity index (χ1) is 7.99. The van der Waals surface area contributed by atoms with Gasteiger partial charge in [0.25, 0.3) is 0 Å². The zero-order valence-electron chi connectivity index (χ0n) is 9.50. The number of rotatable bonds is 2. The van der Waals surface area contributed by atoms with Gasteiger partial charge >= 0.3 is 0 Å². The van der Waals surface area contributed by atoms with Crippen molar-refractivity contribution >= 4 is 29.0 Å². The van der Waals surface area contributed by atoms with E-state index in [0.717, 1.165) is 11.3 Å². The number of methoxy groups -OCH3 is 1. The van der Waals surface area contributed by atoms with Crippen molar-refractivity contribution in [3.05, 3.63) is 34.5 Å². The minimum Gasteiger partial charge on any atom is -0.382 e. The van der Waals surface area contributed by atoms with Crippen LogP contribution in [0, 0.1) is 6.92 Å². The number of halogens is 2. The highest BCUT2D eigenvalue weighted by atomic mass is 35.5. The number of nitrogen functional groups attached to an aromatic ring is 1. The monoisotopic (exact) mass is 273 g/mol. The summed E-state index contributed by atoms with van der Waals surface area (Å²) in [4.78, 5) is 0. The lowest BCUT2D eigenvalue weighted by molar-refractivity contribution is 0.0900. The molecule has 1 aromatic heterocycles. The largest absolute Gasteiger partial charge is 0.382 e. The van der Waals surface area contributed by atoms with Crippen LogP contribution in [0.1, 0.15) is 17.2 Å². The Hall–Kier alpha value is -0.970. The predicted octanol–water partition coefficient (Wildman–Crippen LogP) is 2.66. The molecule has 0 radical (unpaired) electrons. The molecule has 4 nitrogen and oxygen atoms in total. The number of nitrogens with two attached hydrogens (primary N) is 1. The van der Waals surface area contributed by atoms with Crippen molar-refractivity contribution in [2.45, 2.75) is 17.9 Å². The van der Waals surface area contributed by atoms with Crippen molar-refractivity contribution in [1.29, 1.82) is 0 Å². The van der Waals surface area contributed by atoms with Crippen LogP contribution in [0.5, 0.6) is 0 Å². The average molecular weight is 274 g/mol. The van der Waals surface area contributed by atoms with Crippen molar-refractivity contribution in [3.63, 3.8) is 0 Å². The molecule has 17 heavy (non-hydrogen) atoms. The molecule has 0 bridgehead atoms. The van der Waals surface area contributed by atoms with E-state index in [-0.39, 0.29) is 5.92 Å². The molecule has 92 valence electrons.